The zero-order valence-corrected chi connectivity index (χ0v) is 14.3. The fourth-order valence-corrected chi connectivity index (χ4v) is 4.03. The van der Waals surface area contributed by atoms with Gasteiger partial charge in [-0.25, -0.2) is 4.98 Å². The number of amidine groups is 1. The van der Waals surface area contributed by atoms with Crippen molar-refractivity contribution in [2.45, 2.75) is 6.92 Å². The molecule has 0 unspecified atom stereocenters. The Hall–Kier alpha value is -2.99. The normalized spacial score (nSPS) is 14.6. The van der Waals surface area contributed by atoms with Gasteiger partial charge in [-0.1, -0.05) is 24.3 Å². The number of benzene rings is 2. The van der Waals surface area contributed by atoms with Crippen LogP contribution in [0, 0.1) is 5.41 Å². The van der Waals surface area contributed by atoms with E-state index in [1.54, 1.807) is 23.1 Å². The van der Waals surface area contributed by atoms with Crippen molar-refractivity contribution in [1.82, 2.24) is 4.98 Å². The molecule has 4 rings (SSSR count). The van der Waals surface area contributed by atoms with Gasteiger partial charge in [-0.05, 0) is 31.2 Å². The quantitative estimate of drug-likeness (QED) is 0.693. The predicted molar refractivity (Wildman–Crippen MR) is 101 cm³/mol. The summed E-state index contributed by atoms with van der Waals surface area (Å²) in [6.07, 6.45) is 0. The summed E-state index contributed by atoms with van der Waals surface area (Å²) in [5.74, 6) is 0.184. The van der Waals surface area contributed by atoms with Crippen molar-refractivity contribution < 1.29 is 9.90 Å². The molecule has 0 fully saturated rings. The number of aliphatic hydroxyl groups is 1. The Labute approximate surface area is 148 Å². The van der Waals surface area contributed by atoms with Crippen LogP contribution < -0.4 is 4.90 Å². The van der Waals surface area contributed by atoms with Gasteiger partial charge in [-0.15, -0.1) is 11.3 Å². The topological polar surface area (TPSA) is 77.3 Å². The van der Waals surface area contributed by atoms with Crippen LogP contribution in [-0.2, 0) is 0 Å². The number of nitrogens with zero attached hydrogens (tertiary/aromatic N) is 2. The van der Waals surface area contributed by atoms with Crippen LogP contribution >= 0.6 is 11.3 Å². The van der Waals surface area contributed by atoms with E-state index in [1.807, 2.05) is 30.3 Å². The van der Waals surface area contributed by atoms with Crippen molar-refractivity contribution in [3.63, 3.8) is 0 Å². The molecular formula is C19H15N3O2S. The molecule has 0 bridgehead atoms. The number of ketones is 1. The summed E-state index contributed by atoms with van der Waals surface area (Å²) >= 11 is 1.45. The molecule has 1 aromatic heterocycles. The van der Waals surface area contributed by atoms with Crippen molar-refractivity contribution in [2.24, 2.45) is 0 Å². The second kappa shape index (κ2) is 5.82. The van der Waals surface area contributed by atoms with Gasteiger partial charge in [-0.3, -0.25) is 10.2 Å². The van der Waals surface area contributed by atoms with E-state index in [9.17, 15) is 9.90 Å². The summed E-state index contributed by atoms with van der Waals surface area (Å²) in [6.45, 7) is 1.66. The lowest BCUT2D eigenvalue weighted by Crippen LogP contribution is -2.27. The maximum absolute atomic E-state index is 11.9. The lowest BCUT2D eigenvalue weighted by molar-refractivity contribution is 0.101. The highest BCUT2D eigenvalue weighted by atomic mass is 32.1. The molecule has 2 heterocycles. The van der Waals surface area contributed by atoms with E-state index in [2.05, 4.69) is 4.98 Å². The zero-order chi connectivity index (χ0) is 17.6. The minimum atomic E-state index is -0.0728. The Morgan fingerprint density at radius 3 is 2.68 bits per heavy atom. The highest BCUT2D eigenvalue weighted by Gasteiger charge is 2.32. The summed E-state index contributed by atoms with van der Waals surface area (Å²) in [7, 11) is 0. The highest BCUT2D eigenvalue weighted by Crippen LogP contribution is 2.36. The molecule has 1 aliphatic heterocycles. The van der Waals surface area contributed by atoms with E-state index in [0.717, 1.165) is 10.2 Å². The minimum Gasteiger partial charge on any atom is -0.510 e. The Morgan fingerprint density at radius 1 is 1.20 bits per heavy atom. The average Bonchev–Trinajstić information content (AvgIpc) is 3.15. The largest absolute Gasteiger partial charge is 0.510 e. The maximum atomic E-state index is 11.9. The zero-order valence-electron chi connectivity index (χ0n) is 13.5. The Balaban J connectivity index is 1.76. The lowest BCUT2D eigenvalue weighted by Gasteiger charge is -2.21. The summed E-state index contributed by atoms with van der Waals surface area (Å²) in [6, 6.07) is 14.9. The van der Waals surface area contributed by atoms with Gasteiger partial charge in [0.05, 0.1) is 28.0 Å². The smallest absolute Gasteiger partial charge is 0.161 e. The van der Waals surface area contributed by atoms with Crippen molar-refractivity contribution in [1.29, 1.82) is 5.41 Å². The standard InChI is InChI=1S/C19H15N3O2S/c1-11(23)12-6-2-4-8-14(12)22-10-15(24)17(18(22)20)19-21-13-7-3-5-9-16(13)25-19/h2-9,20,24H,10H2,1H3. The molecule has 2 N–H and O–H groups in total. The highest BCUT2D eigenvalue weighted by molar-refractivity contribution is 7.19. The van der Waals surface area contributed by atoms with Gasteiger partial charge in [0.25, 0.3) is 0 Å². The van der Waals surface area contributed by atoms with Gasteiger partial charge in [0.15, 0.2) is 5.78 Å². The van der Waals surface area contributed by atoms with Crippen LogP contribution in [0.1, 0.15) is 22.3 Å². The number of Topliss-reactive ketones (excluding diaryl/α,β-unsaturated/α-hetero) is 1. The second-order valence-corrected chi connectivity index (χ2v) is 6.85. The first-order valence-corrected chi connectivity index (χ1v) is 8.62. The van der Waals surface area contributed by atoms with E-state index >= 15 is 0 Å². The van der Waals surface area contributed by atoms with E-state index in [1.165, 1.54) is 18.3 Å². The molecule has 3 aromatic rings. The summed E-state index contributed by atoms with van der Waals surface area (Å²) in [5, 5.41) is 19.6. The molecule has 25 heavy (non-hydrogen) atoms. The Bertz CT molecular complexity index is 1020. The molecule has 124 valence electrons. The van der Waals surface area contributed by atoms with Crippen molar-refractivity contribution in [3.05, 3.63) is 64.9 Å². The number of anilines is 1. The number of carbonyl (C=O) groups excluding carboxylic acids is 1. The van der Waals surface area contributed by atoms with Crippen LogP contribution in [0.15, 0.2) is 54.3 Å². The van der Waals surface area contributed by atoms with Gasteiger partial charge < -0.3 is 10.0 Å². The molecule has 0 atom stereocenters. The number of para-hydroxylation sites is 2. The molecule has 0 amide bonds. The van der Waals surface area contributed by atoms with Crippen LogP contribution in [0.3, 0.4) is 0 Å². The number of aliphatic hydroxyl groups excluding tert-OH is 1. The minimum absolute atomic E-state index is 0.0728. The predicted octanol–water partition coefficient (Wildman–Crippen LogP) is 4.27. The van der Waals surface area contributed by atoms with E-state index in [4.69, 9.17) is 5.41 Å². The molecule has 2 aromatic carbocycles. The first-order chi connectivity index (χ1) is 12.1. The Kier molecular flexibility index (Phi) is 3.62. The monoisotopic (exact) mass is 349 g/mol. The number of hydrogen-bond donors (Lipinski definition) is 2. The van der Waals surface area contributed by atoms with Crippen LogP contribution in [0.5, 0.6) is 0 Å². The molecule has 6 heteroatoms. The van der Waals surface area contributed by atoms with Gasteiger partial charge in [0.2, 0.25) is 0 Å². The summed E-state index contributed by atoms with van der Waals surface area (Å²) in [5.41, 5.74) is 2.44. The van der Waals surface area contributed by atoms with Gasteiger partial charge in [0, 0.05) is 5.56 Å². The van der Waals surface area contributed by atoms with Crippen molar-refractivity contribution in [2.75, 3.05) is 11.4 Å². The van der Waals surface area contributed by atoms with Crippen molar-refractivity contribution >= 4 is 44.4 Å². The van der Waals surface area contributed by atoms with Crippen LogP contribution in [0.25, 0.3) is 15.8 Å². The summed E-state index contributed by atoms with van der Waals surface area (Å²) < 4.78 is 1.01. The number of carbonyl (C=O) groups is 1. The molecule has 0 radical (unpaired) electrons. The first kappa shape index (κ1) is 15.5. The molecule has 0 saturated carbocycles. The fourth-order valence-electron chi connectivity index (χ4n) is 3.00. The van der Waals surface area contributed by atoms with E-state index in [0.29, 0.717) is 21.8 Å². The van der Waals surface area contributed by atoms with Crippen LogP contribution in [0.4, 0.5) is 5.69 Å². The first-order valence-electron chi connectivity index (χ1n) is 7.80. The third-order valence-corrected chi connectivity index (χ3v) is 5.24. The van der Waals surface area contributed by atoms with Gasteiger partial charge in [0.1, 0.15) is 16.6 Å². The maximum Gasteiger partial charge on any atom is 0.161 e. The number of fused-ring (bicyclic) bond motifs is 1. The SMILES string of the molecule is CC(=O)c1ccccc1N1CC(O)=C(c2nc3ccccc3s2)C1=N. The van der Waals surface area contributed by atoms with E-state index in [-0.39, 0.29) is 23.9 Å². The molecule has 0 aliphatic carbocycles. The average molecular weight is 349 g/mol. The molecular weight excluding hydrogens is 334 g/mol. The molecule has 1 aliphatic rings. The van der Waals surface area contributed by atoms with Gasteiger partial charge >= 0.3 is 0 Å². The van der Waals surface area contributed by atoms with Crippen LogP contribution in [-0.4, -0.2) is 28.3 Å². The number of hydrogen-bond acceptors (Lipinski definition) is 5. The molecule has 5 nitrogen and oxygen atoms in total. The van der Waals surface area contributed by atoms with Crippen molar-refractivity contribution in [3.8, 4) is 0 Å². The third-order valence-electron chi connectivity index (χ3n) is 4.19. The second-order valence-electron chi connectivity index (χ2n) is 5.82. The number of aromatic nitrogens is 1. The lowest BCUT2D eigenvalue weighted by atomic mass is 10.1. The van der Waals surface area contributed by atoms with Crippen LogP contribution in [0.2, 0.25) is 0 Å². The number of rotatable bonds is 3. The third kappa shape index (κ3) is 2.51. The summed E-state index contributed by atoms with van der Waals surface area (Å²) in [4.78, 5) is 18.1. The number of thiazole rings is 1. The fraction of sp³-hybridized carbons (Fsp3) is 0.105. The number of nitrogens with one attached hydrogen (secondary N) is 1. The molecule has 0 spiro atoms. The van der Waals surface area contributed by atoms with Gasteiger partial charge in [-0.2, -0.15) is 0 Å². The Morgan fingerprint density at radius 2 is 1.92 bits per heavy atom. The molecule has 0 saturated heterocycles. The van der Waals surface area contributed by atoms with E-state index < -0.39 is 0 Å².